The van der Waals surface area contributed by atoms with Gasteiger partial charge in [-0.1, -0.05) is 0 Å². The van der Waals surface area contributed by atoms with Gasteiger partial charge in [-0.05, 0) is 19.9 Å². The lowest BCUT2D eigenvalue weighted by Gasteiger charge is -2.33. The summed E-state index contributed by atoms with van der Waals surface area (Å²) in [6.45, 7) is 4.56. The van der Waals surface area contributed by atoms with E-state index in [2.05, 4.69) is 9.97 Å². The molecule has 1 aliphatic heterocycles. The predicted molar refractivity (Wildman–Crippen MR) is 70.1 cm³/mol. The molecule has 0 amide bonds. The second-order valence-corrected chi connectivity index (χ2v) is 6.89. The van der Waals surface area contributed by atoms with Crippen LogP contribution in [0.15, 0.2) is 6.07 Å². The largest absolute Gasteiger partial charge is 0.336 e. The van der Waals surface area contributed by atoms with Crippen molar-refractivity contribution in [3.05, 3.63) is 17.5 Å². The third kappa shape index (κ3) is 2.78. The van der Waals surface area contributed by atoms with Crippen molar-refractivity contribution < 1.29 is 8.42 Å². The third-order valence-electron chi connectivity index (χ3n) is 3.03. The SMILES string of the molecule is Cc1cc(CN)nc(N2CCS(=O)(=O)CC2C)n1. The summed E-state index contributed by atoms with van der Waals surface area (Å²) >= 11 is 0. The molecule has 0 spiro atoms. The van der Waals surface area contributed by atoms with E-state index in [4.69, 9.17) is 5.73 Å². The van der Waals surface area contributed by atoms with Crippen LogP contribution in [0, 0.1) is 6.92 Å². The van der Waals surface area contributed by atoms with E-state index in [-0.39, 0.29) is 17.5 Å². The van der Waals surface area contributed by atoms with Crippen molar-refractivity contribution in [1.82, 2.24) is 9.97 Å². The van der Waals surface area contributed by atoms with Gasteiger partial charge in [-0.2, -0.15) is 0 Å². The van der Waals surface area contributed by atoms with Gasteiger partial charge >= 0.3 is 0 Å². The molecule has 7 heteroatoms. The molecule has 1 fully saturated rings. The van der Waals surface area contributed by atoms with Gasteiger partial charge in [-0.25, -0.2) is 18.4 Å². The maximum absolute atomic E-state index is 11.5. The summed E-state index contributed by atoms with van der Waals surface area (Å²) in [5.74, 6) is 0.896. The molecule has 0 bridgehead atoms. The maximum atomic E-state index is 11.5. The van der Waals surface area contributed by atoms with E-state index < -0.39 is 9.84 Å². The molecule has 100 valence electrons. The summed E-state index contributed by atoms with van der Waals surface area (Å²) in [4.78, 5) is 10.7. The summed E-state index contributed by atoms with van der Waals surface area (Å²) in [6, 6.07) is 1.74. The van der Waals surface area contributed by atoms with Gasteiger partial charge < -0.3 is 10.6 Å². The van der Waals surface area contributed by atoms with Gasteiger partial charge in [0.15, 0.2) is 9.84 Å². The first kappa shape index (κ1) is 13.2. The van der Waals surface area contributed by atoms with Crippen LogP contribution in [0.3, 0.4) is 0 Å². The second kappa shape index (κ2) is 4.81. The Labute approximate surface area is 107 Å². The van der Waals surface area contributed by atoms with Gasteiger partial charge in [-0.3, -0.25) is 0 Å². The predicted octanol–water partition coefficient (Wildman–Crippen LogP) is -0.133. The highest BCUT2D eigenvalue weighted by atomic mass is 32.2. The van der Waals surface area contributed by atoms with Gasteiger partial charge in [0.2, 0.25) is 5.95 Å². The van der Waals surface area contributed by atoms with Gasteiger partial charge in [0, 0.05) is 24.8 Å². The minimum atomic E-state index is -2.92. The molecular formula is C11H18N4O2S. The van der Waals surface area contributed by atoms with Crippen LogP contribution in [-0.4, -0.2) is 42.5 Å². The molecule has 1 aliphatic rings. The highest BCUT2D eigenvalue weighted by molar-refractivity contribution is 7.91. The summed E-state index contributed by atoms with van der Waals surface area (Å²) in [5, 5.41) is 0. The van der Waals surface area contributed by atoms with E-state index in [0.29, 0.717) is 19.0 Å². The molecule has 0 aliphatic carbocycles. The molecule has 2 heterocycles. The standard InChI is InChI=1S/C11H18N4O2S/c1-8-5-10(6-12)14-11(13-8)15-3-4-18(16,17)7-9(15)2/h5,9H,3-4,6-7,12H2,1-2H3. The van der Waals surface area contributed by atoms with Crippen molar-refractivity contribution in [2.24, 2.45) is 5.73 Å². The van der Waals surface area contributed by atoms with E-state index >= 15 is 0 Å². The van der Waals surface area contributed by atoms with Crippen molar-refractivity contribution in [3.8, 4) is 0 Å². The number of anilines is 1. The summed E-state index contributed by atoms with van der Waals surface area (Å²) in [7, 11) is -2.92. The van der Waals surface area contributed by atoms with Crippen molar-refractivity contribution in [3.63, 3.8) is 0 Å². The number of nitrogens with two attached hydrogens (primary N) is 1. The summed E-state index contributed by atoms with van der Waals surface area (Å²) < 4.78 is 23.1. The zero-order valence-corrected chi connectivity index (χ0v) is 11.4. The molecule has 1 saturated heterocycles. The van der Waals surface area contributed by atoms with E-state index in [1.165, 1.54) is 0 Å². The van der Waals surface area contributed by atoms with E-state index in [1.807, 2.05) is 24.8 Å². The molecule has 1 aromatic heterocycles. The molecule has 0 aromatic carbocycles. The minimum absolute atomic E-state index is 0.101. The lowest BCUT2D eigenvalue weighted by Crippen LogP contribution is -2.47. The smallest absolute Gasteiger partial charge is 0.226 e. The maximum Gasteiger partial charge on any atom is 0.226 e. The van der Waals surface area contributed by atoms with Gasteiger partial charge in [0.05, 0.1) is 17.2 Å². The molecule has 1 unspecified atom stereocenters. The number of sulfone groups is 1. The molecule has 18 heavy (non-hydrogen) atoms. The first-order valence-corrected chi connectivity index (χ1v) is 7.75. The molecule has 2 rings (SSSR count). The zero-order chi connectivity index (χ0) is 13.3. The molecule has 0 saturated carbocycles. The highest BCUT2D eigenvalue weighted by Crippen LogP contribution is 2.18. The Morgan fingerprint density at radius 2 is 2.22 bits per heavy atom. The Bertz CT molecular complexity index is 544. The van der Waals surface area contributed by atoms with Gasteiger partial charge in [0.25, 0.3) is 0 Å². The van der Waals surface area contributed by atoms with Crippen LogP contribution < -0.4 is 10.6 Å². The number of hydrogen-bond donors (Lipinski definition) is 1. The molecule has 1 aromatic rings. The zero-order valence-electron chi connectivity index (χ0n) is 10.6. The lowest BCUT2D eigenvalue weighted by atomic mass is 10.3. The Morgan fingerprint density at radius 3 is 2.83 bits per heavy atom. The molecular weight excluding hydrogens is 252 g/mol. The average molecular weight is 270 g/mol. The highest BCUT2D eigenvalue weighted by Gasteiger charge is 2.29. The molecule has 0 radical (unpaired) electrons. The number of aryl methyl sites for hydroxylation is 1. The van der Waals surface area contributed by atoms with Crippen LogP contribution in [0.2, 0.25) is 0 Å². The molecule has 6 nitrogen and oxygen atoms in total. The monoisotopic (exact) mass is 270 g/mol. The lowest BCUT2D eigenvalue weighted by molar-refractivity contribution is 0.564. The first-order chi connectivity index (χ1) is 8.41. The van der Waals surface area contributed by atoms with Gasteiger partial charge in [-0.15, -0.1) is 0 Å². The summed E-state index contributed by atoms with van der Waals surface area (Å²) in [6.07, 6.45) is 0. The Balaban J connectivity index is 2.29. The van der Waals surface area contributed by atoms with Gasteiger partial charge in [0.1, 0.15) is 0 Å². The first-order valence-electron chi connectivity index (χ1n) is 5.93. The van der Waals surface area contributed by atoms with Crippen LogP contribution >= 0.6 is 0 Å². The Hall–Kier alpha value is -1.21. The Kier molecular flexibility index (Phi) is 3.54. The topological polar surface area (TPSA) is 89.2 Å². The third-order valence-corrected chi connectivity index (χ3v) is 4.83. The van der Waals surface area contributed by atoms with E-state index in [0.717, 1.165) is 11.4 Å². The van der Waals surface area contributed by atoms with Crippen LogP contribution in [0.4, 0.5) is 5.95 Å². The van der Waals surface area contributed by atoms with E-state index in [1.54, 1.807) is 0 Å². The Morgan fingerprint density at radius 1 is 1.50 bits per heavy atom. The van der Waals surface area contributed by atoms with E-state index in [9.17, 15) is 8.42 Å². The van der Waals surface area contributed by atoms with Crippen molar-refractivity contribution >= 4 is 15.8 Å². The second-order valence-electron chi connectivity index (χ2n) is 4.66. The molecule has 1 atom stereocenters. The average Bonchev–Trinajstić information content (AvgIpc) is 2.26. The number of hydrogen-bond acceptors (Lipinski definition) is 6. The normalized spacial score (nSPS) is 23.1. The van der Waals surface area contributed by atoms with Crippen LogP contribution in [0.5, 0.6) is 0 Å². The van der Waals surface area contributed by atoms with Crippen molar-refractivity contribution in [2.75, 3.05) is 23.0 Å². The van der Waals surface area contributed by atoms with Crippen molar-refractivity contribution in [1.29, 1.82) is 0 Å². The quantitative estimate of drug-likeness (QED) is 0.805. The fourth-order valence-electron chi connectivity index (χ4n) is 2.15. The van der Waals surface area contributed by atoms with Crippen molar-refractivity contribution in [2.45, 2.75) is 26.4 Å². The summed E-state index contributed by atoms with van der Waals surface area (Å²) in [5.41, 5.74) is 7.21. The fraction of sp³-hybridized carbons (Fsp3) is 0.636. The fourth-order valence-corrected chi connectivity index (χ4v) is 3.70. The number of aromatic nitrogens is 2. The van der Waals surface area contributed by atoms with Crippen LogP contribution in [0.25, 0.3) is 0 Å². The number of nitrogens with zero attached hydrogens (tertiary/aromatic N) is 3. The molecule has 2 N–H and O–H groups in total. The van der Waals surface area contributed by atoms with Crippen LogP contribution in [-0.2, 0) is 16.4 Å². The minimum Gasteiger partial charge on any atom is -0.336 e. The van der Waals surface area contributed by atoms with Crippen LogP contribution in [0.1, 0.15) is 18.3 Å². The number of rotatable bonds is 2.